The molecule has 27 heavy (non-hydrogen) atoms. The lowest BCUT2D eigenvalue weighted by molar-refractivity contribution is 0.296. The van der Waals surface area contributed by atoms with E-state index in [9.17, 15) is 4.79 Å². The number of nitrogens with zero attached hydrogens (tertiary/aromatic N) is 2. The van der Waals surface area contributed by atoms with Crippen LogP contribution >= 0.6 is 11.3 Å². The Morgan fingerprint density at radius 3 is 2.63 bits per heavy atom. The van der Waals surface area contributed by atoms with Crippen molar-refractivity contribution in [2.45, 2.75) is 26.9 Å². The summed E-state index contributed by atoms with van der Waals surface area (Å²) in [5.41, 5.74) is 4.55. The van der Waals surface area contributed by atoms with Gasteiger partial charge in [0.25, 0.3) is 5.19 Å². The second-order valence-electron chi connectivity index (χ2n) is 6.32. The van der Waals surface area contributed by atoms with Gasteiger partial charge in [-0.3, -0.25) is 4.79 Å². The van der Waals surface area contributed by atoms with Crippen molar-refractivity contribution in [2.75, 3.05) is 0 Å². The van der Waals surface area contributed by atoms with Gasteiger partial charge in [-0.15, -0.1) is 5.10 Å². The molecule has 0 aliphatic rings. The molecule has 5 nitrogen and oxygen atoms in total. The summed E-state index contributed by atoms with van der Waals surface area (Å²) in [6.45, 7) is 4.19. The van der Waals surface area contributed by atoms with E-state index in [-0.39, 0.29) is 12.0 Å². The summed E-state index contributed by atoms with van der Waals surface area (Å²) < 4.78 is 5.80. The summed E-state index contributed by atoms with van der Waals surface area (Å²) in [5, 5.41) is 10.3. The summed E-state index contributed by atoms with van der Waals surface area (Å²) in [6, 6.07) is 15.8. The molecule has 2 aromatic heterocycles. The minimum atomic E-state index is 0.0249. The molecule has 4 aromatic rings. The number of hydrogen-bond acceptors (Lipinski definition) is 5. The van der Waals surface area contributed by atoms with Gasteiger partial charge in [0.2, 0.25) is 0 Å². The first-order valence-corrected chi connectivity index (χ1v) is 9.63. The van der Waals surface area contributed by atoms with Gasteiger partial charge in [-0.05, 0) is 31.0 Å². The van der Waals surface area contributed by atoms with E-state index >= 15 is 0 Å². The van der Waals surface area contributed by atoms with E-state index in [1.165, 1.54) is 16.9 Å². The van der Waals surface area contributed by atoms with Crippen LogP contribution in [0.3, 0.4) is 0 Å². The number of aromatic nitrogens is 3. The Hall–Kier alpha value is -2.99. The Morgan fingerprint density at radius 1 is 1.07 bits per heavy atom. The van der Waals surface area contributed by atoms with E-state index in [0.717, 1.165) is 28.2 Å². The topological polar surface area (TPSA) is 67.9 Å². The highest BCUT2D eigenvalue weighted by atomic mass is 32.1. The van der Waals surface area contributed by atoms with Gasteiger partial charge >= 0.3 is 0 Å². The minimum Gasteiger partial charge on any atom is -0.462 e. The largest absolute Gasteiger partial charge is 0.462 e. The molecule has 136 valence electrons. The molecular weight excluding hydrogens is 358 g/mol. The standard InChI is InChI=1S/C21H19N3O2S/c1-3-14-8-10-15(11-9-14)20-23-24-21(27-20)26-12-18-13(2)19(25)16-6-4-5-7-17(16)22-18/h4-11H,3,12H2,1-2H3,(H,22,25). The van der Waals surface area contributed by atoms with Gasteiger partial charge in [0.05, 0.1) is 5.69 Å². The van der Waals surface area contributed by atoms with Gasteiger partial charge in [-0.1, -0.05) is 59.8 Å². The summed E-state index contributed by atoms with van der Waals surface area (Å²) in [7, 11) is 0. The zero-order valence-corrected chi connectivity index (χ0v) is 16.0. The third-order valence-corrected chi connectivity index (χ3v) is 5.49. The van der Waals surface area contributed by atoms with Gasteiger partial charge in [-0.2, -0.15) is 0 Å². The molecule has 0 spiro atoms. The zero-order valence-electron chi connectivity index (χ0n) is 15.2. The molecule has 2 aromatic carbocycles. The Balaban J connectivity index is 1.54. The molecule has 4 rings (SSSR count). The number of H-pyrrole nitrogens is 1. The lowest BCUT2D eigenvalue weighted by atomic mass is 10.1. The fraction of sp³-hybridized carbons (Fsp3) is 0.190. The maximum atomic E-state index is 12.5. The number of aryl methyl sites for hydroxylation is 1. The summed E-state index contributed by atoms with van der Waals surface area (Å²) in [4.78, 5) is 15.8. The van der Waals surface area contributed by atoms with Crippen molar-refractivity contribution < 1.29 is 4.74 Å². The molecule has 0 fully saturated rings. The van der Waals surface area contributed by atoms with Crippen molar-refractivity contribution in [1.29, 1.82) is 0 Å². The zero-order chi connectivity index (χ0) is 18.8. The highest BCUT2D eigenvalue weighted by Crippen LogP contribution is 2.28. The highest BCUT2D eigenvalue weighted by molar-refractivity contribution is 7.16. The third-order valence-electron chi connectivity index (χ3n) is 4.61. The smallest absolute Gasteiger partial charge is 0.294 e. The van der Waals surface area contributed by atoms with Crippen LogP contribution < -0.4 is 10.2 Å². The van der Waals surface area contributed by atoms with Crippen LogP contribution in [0.5, 0.6) is 5.19 Å². The molecule has 1 N–H and O–H groups in total. The number of aromatic amines is 1. The van der Waals surface area contributed by atoms with Crippen molar-refractivity contribution in [1.82, 2.24) is 15.2 Å². The summed E-state index contributed by atoms with van der Waals surface area (Å²) in [5.74, 6) is 0. The lowest BCUT2D eigenvalue weighted by Gasteiger charge is -2.08. The van der Waals surface area contributed by atoms with Gasteiger partial charge in [0.15, 0.2) is 10.4 Å². The molecule has 0 saturated carbocycles. The second kappa shape index (κ2) is 7.32. The number of nitrogens with one attached hydrogen (secondary N) is 1. The minimum absolute atomic E-state index is 0.0249. The molecule has 0 aliphatic heterocycles. The maximum Gasteiger partial charge on any atom is 0.294 e. The summed E-state index contributed by atoms with van der Waals surface area (Å²) >= 11 is 1.40. The lowest BCUT2D eigenvalue weighted by Crippen LogP contribution is -2.13. The average molecular weight is 377 g/mol. The van der Waals surface area contributed by atoms with Crippen LogP contribution in [0.2, 0.25) is 0 Å². The van der Waals surface area contributed by atoms with Crippen molar-refractivity contribution >= 4 is 22.2 Å². The number of ether oxygens (including phenoxy) is 1. The molecule has 0 amide bonds. The molecule has 0 saturated heterocycles. The fourth-order valence-corrected chi connectivity index (χ4v) is 3.63. The number of pyridine rings is 1. The SMILES string of the molecule is CCc1ccc(-c2nnc(OCc3[nH]c4ccccc4c(=O)c3C)s2)cc1. The quantitative estimate of drug-likeness (QED) is 0.556. The second-order valence-corrected chi connectivity index (χ2v) is 7.26. The van der Waals surface area contributed by atoms with E-state index in [4.69, 9.17) is 4.74 Å². The Morgan fingerprint density at radius 2 is 1.85 bits per heavy atom. The van der Waals surface area contributed by atoms with Crippen LogP contribution in [0.25, 0.3) is 21.5 Å². The maximum absolute atomic E-state index is 12.5. The summed E-state index contributed by atoms with van der Waals surface area (Å²) in [6.07, 6.45) is 1.01. The third kappa shape index (κ3) is 3.48. The van der Waals surface area contributed by atoms with Crippen LogP contribution in [0.1, 0.15) is 23.7 Å². The van der Waals surface area contributed by atoms with Crippen molar-refractivity contribution in [3.8, 4) is 15.8 Å². The van der Waals surface area contributed by atoms with Gasteiger partial charge in [-0.25, -0.2) is 0 Å². The molecule has 0 bridgehead atoms. The van der Waals surface area contributed by atoms with Gasteiger partial charge in [0.1, 0.15) is 6.61 Å². The number of para-hydroxylation sites is 1. The first kappa shape index (κ1) is 17.4. The molecule has 0 aliphatic carbocycles. The first-order chi connectivity index (χ1) is 13.2. The van der Waals surface area contributed by atoms with Gasteiger partial charge < -0.3 is 9.72 Å². The van der Waals surface area contributed by atoms with Gasteiger partial charge in [0, 0.05) is 22.0 Å². The van der Waals surface area contributed by atoms with E-state index < -0.39 is 0 Å². The molecule has 0 unspecified atom stereocenters. The molecule has 0 atom stereocenters. The van der Waals surface area contributed by atoms with E-state index in [1.807, 2.05) is 43.3 Å². The molecular formula is C21H19N3O2S. The Labute approximate surface area is 160 Å². The van der Waals surface area contributed by atoms with Crippen LogP contribution in [0.15, 0.2) is 53.3 Å². The van der Waals surface area contributed by atoms with Crippen molar-refractivity contribution in [3.63, 3.8) is 0 Å². The fourth-order valence-electron chi connectivity index (χ4n) is 2.93. The van der Waals surface area contributed by atoms with E-state index in [2.05, 4.69) is 34.2 Å². The first-order valence-electron chi connectivity index (χ1n) is 8.82. The van der Waals surface area contributed by atoms with Crippen LogP contribution in [0, 0.1) is 6.92 Å². The number of fused-ring (bicyclic) bond motifs is 1. The number of benzene rings is 2. The molecule has 0 radical (unpaired) electrons. The van der Waals surface area contributed by atoms with Crippen LogP contribution in [0.4, 0.5) is 0 Å². The Bertz CT molecular complexity index is 1150. The predicted octanol–water partition coefficient (Wildman–Crippen LogP) is 4.50. The van der Waals surface area contributed by atoms with E-state index in [0.29, 0.717) is 16.1 Å². The predicted molar refractivity (Wildman–Crippen MR) is 108 cm³/mol. The van der Waals surface area contributed by atoms with E-state index in [1.54, 1.807) is 0 Å². The van der Waals surface area contributed by atoms with Crippen LogP contribution in [-0.2, 0) is 13.0 Å². The number of hydrogen-bond donors (Lipinski definition) is 1. The van der Waals surface area contributed by atoms with Crippen molar-refractivity contribution in [3.05, 3.63) is 75.6 Å². The molecule has 6 heteroatoms. The number of rotatable bonds is 5. The monoisotopic (exact) mass is 377 g/mol. The molecule has 2 heterocycles. The average Bonchev–Trinajstić information content (AvgIpc) is 3.19. The Kier molecular flexibility index (Phi) is 4.73. The highest BCUT2D eigenvalue weighted by Gasteiger charge is 2.11. The van der Waals surface area contributed by atoms with Crippen molar-refractivity contribution in [2.24, 2.45) is 0 Å². The van der Waals surface area contributed by atoms with Crippen LogP contribution in [-0.4, -0.2) is 15.2 Å². The normalized spacial score (nSPS) is 11.0.